The van der Waals surface area contributed by atoms with Crippen molar-refractivity contribution in [2.45, 2.75) is 38.8 Å². The van der Waals surface area contributed by atoms with Gasteiger partial charge in [-0.2, -0.15) is 0 Å². The first kappa shape index (κ1) is 20.5. The highest BCUT2D eigenvalue weighted by molar-refractivity contribution is 5.40. The standard InChI is InChI=1S/C27H31NO2/c1-3-16-28-17-15-23-19-25(29-2)13-14-26(23)27(28)18-21-9-11-24(12-10-21)30-20-22-7-5-4-6-8-22/h4-14,19,27H,3,15-18,20H2,1-2H3. The van der Waals surface area contributed by atoms with Gasteiger partial charge in [0.2, 0.25) is 0 Å². The van der Waals surface area contributed by atoms with Crippen LogP contribution in [-0.2, 0) is 19.4 Å². The van der Waals surface area contributed by atoms with E-state index in [0.29, 0.717) is 12.6 Å². The van der Waals surface area contributed by atoms with E-state index in [2.05, 4.69) is 66.4 Å². The van der Waals surface area contributed by atoms with Crippen molar-refractivity contribution in [2.75, 3.05) is 20.2 Å². The summed E-state index contributed by atoms with van der Waals surface area (Å²) < 4.78 is 11.4. The Morgan fingerprint density at radius 2 is 1.67 bits per heavy atom. The fourth-order valence-corrected chi connectivity index (χ4v) is 4.35. The molecule has 0 saturated carbocycles. The number of nitrogens with zero attached hydrogens (tertiary/aromatic N) is 1. The molecular weight excluding hydrogens is 370 g/mol. The molecule has 1 aliphatic rings. The van der Waals surface area contributed by atoms with Crippen molar-refractivity contribution in [1.82, 2.24) is 4.90 Å². The zero-order chi connectivity index (χ0) is 20.8. The lowest BCUT2D eigenvalue weighted by molar-refractivity contribution is 0.183. The summed E-state index contributed by atoms with van der Waals surface area (Å²) in [4.78, 5) is 2.63. The Balaban J connectivity index is 1.47. The lowest BCUT2D eigenvalue weighted by atomic mass is 9.88. The summed E-state index contributed by atoms with van der Waals surface area (Å²) in [6, 6.07) is 25.9. The van der Waals surface area contributed by atoms with Crippen molar-refractivity contribution in [1.29, 1.82) is 0 Å². The summed E-state index contributed by atoms with van der Waals surface area (Å²) in [7, 11) is 1.74. The highest BCUT2D eigenvalue weighted by Gasteiger charge is 2.27. The molecule has 3 aromatic carbocycles. The first-order valence-corrected chi connectivity index (χ1v) is 10.9. The summed E-state index contributed by atoms with van der Waals surface area (Å²) in [6.07, 6.45) is 3.28. The summed E-state index contributed by atoms with van der Waals surface area (Å²) in [5.74, 6) is 1.87. The van der Waals surface area contributed by atoms with E-state index in [0.717, 1.165) is 37.4 Å². The van der Waals surface area contributed by atoms with E-state index >= 15 is 0 Å². The van der Waals surface area contributed by atoms with Gasteiger partial charge in [-0.3, -0.25) is 4.90 Å². The predicted octanol–water partition coefficient (Wildman–Crippen LogP) is 5.83. The van der Waals surface area contributed by atoms with Crippen molar-refractivity contribution in [3.05, 3.63) is 95.1 Å². The summed E-state index contributed by atoms with van der Waals surface area (Å²) in [5.41, 5.74) is 5.40. The van der Waals surface area contributed by atoms with Crippen molar-refractivity contribution >= 4 is 0 Å². The van der Waals surface area contributed by atoms with Crippen LogP contribution in [0.2, 0.25) is 0 Å². The summed E-state index contributed by atoms with van der Waals surface area (Å²) in [6.45, 7) is 5.10. The normalized spacial score (nSPS) is 16.1. The van der Waals surface area contributed by atoms with Crippen molar-refractivity contribution in [3.8, 4) is 11.5 Å². The van der Waals surface area contributed by atoms with Gasteiger partial charge in [-0.15, -0.1) is 0 Å². The maximum atomic E-state index is 5.95. The second kappa shape index (κ2) is 9.82. The van der Waals surface area contributed by atoms with E-state index < -0.39 is 0 Å². The summed E-state index contributed by atoms with van der Waals surface area (Å²) in [5, 5.41) is 0. The number of methoxy groups -OCH3 is 1. The van der Waals surface area contributed by atoms with Gasteiger partial charge < -0.3 is 9.47 Å². The maximum absolute atomic E-state index is 5.95. The van der Waals surface area contributed by atoms with Gasteiger partial charge >= 0.3 is 0 Å². The number of hydrogen-bond donors (Lipinski definition) is 0. The van der Waals surface area contributed by atoms with E-state index in [1.54, 1.807) is 7.11 Å². The molecule has 1 aliphatic heterocycles. The molecule has 0 amide bonds. The highest BCUT2D eigenvalue weighted by Crippen LogP contribution is 2.34. The Morgan fingerprint density at radius 1 is 0.900 bits per heavy atom. The molecule has 3 heteroatoms. The number of benzene rings is 3. The molecule has 0 bridgehead atoms. The smallest absolute Gasteiger partial charge is 0.119 e. The lowest BCUT2D eigenvalue weighted by Gasteiger charge is -2.37. The molecule has 0 aromatic heterocycles. The summed E-state index contributed by atoms with van der Waals surface area (Å²) >= 11 is 0. The lowest BCUT2D eigenvalue weighted by Crippen LogP contribution is -2.37. The van der Waals surface area contributed by atoms with Crippen LogP contribution in [0.4, 0.5) is 0 Å². The minimum atomic E-state index is 0.413. The molecule has 1 unspecified atom stereocenters. The second-order valence-corrected chi connectivity index (χ2v) is 7.99. The first-order chi connectivity index (χ1) is 14.8. The quantitative estimate of drug-likeness (QED) is 0.474. The molecule has 4 rings (SSSR count). The molecule has 0 N–H and O–H groups in total. The third-order valence-electron chi connectivity index (χ3n) is 5.93. The van der Waals surface area contributed by atoms with E-state index in [4.69, 9.17) is 9.47 Å². The third-order valence-corrected chi connectivity index (χ3v) is 5.93. The fourth-order valence-electron chi connectivity index (χ4n) is 4.35. The van der Waals surface area contributed by atoms with Crippen LogP contribution < -0.4 is 9.47 Å². The minimum Gasteiger partial charge on any atom is -0.497 e. The largest absolute Gasteiger partial charge is 0.497 e. The average molecular weight is 402 g/mol. The van der Waals surface area contributed by atoms with Crippen LogP contribution in [-0.4, -0.2) is 25.1 Å². The van der Waals surface area contributed by atoms with Crippen LogP contribution in [0.15, 0.2) is 72.8 Å². The Kier molecular flexibility index (Phi) is 6.70. The van der Waals surface area contributed by atoms with E-state index in [1.165, 1.54) is 28.7 Å². The predicted molar refractivity (Wildman–Crippen MR) is 122 cm³/mol. The maximum Gasteiger partial charge on any atom is 0.119 e. The first-order valence-electron chi connectivity index (χ1n) is 10.9. The monoisotopic (exact) mass is 401 g/mol. The molecule has 3 nitrogen and oxygen atoms in total. The molecular formula is C27H31NO2. The van der Waals surface area contributed by atoms with Crippen molar-refractivity contribution < 1.29 is 9.47 Å². The molecule has 0 aliphatic carbocycles. The minimum absolute atomic E-state index is 0.413. The topological polar surface area (TPSA) is 21.7 Å². The van der Waals surface area contributed by atoms with Gasteiger partial charge in [0.1, 0.15) is 18.1 Å². The Morgan fingerprint density at radius 3 is 2.40 bits per heavy atom. The van der Waals surface area contributed by atoms with E-state index in [9.17, 15) is 0 Å². The molecule has 0 saturated heterocycles. The van der Waals surface area contributed by atoms with Gasteiger partial charge in [0.15, 0.2) is 0 Å². The van der Waals surface area contributed by atoms with Crippen molar-refractivity contribution in [3.63, 3.8) is 0 Å². The van der Waals surface area contributed by atoms with Crippen LogP contribution in [0.3, 0.4) is 0 Å². The number of ether oxygens (including phenoxy) is 2. The van der Waals surface area contributed by atoms with Crippen LogP contribution in [0.5, 0.6) is 11.5 Å². The molecule has 3 aromatic rings. The average Bonchev–Trinajstić information content (AvgIpc) is 2.80. The third kappa shape index (κ3) is 4.85. The molecule has 0 radical (unpaired) electrons. The van der Waals surface area contributed by atoms with Gasteiger partial charge in [0.05, 0.1) is 7.11 Å². The van der Waals surface area contributed by atoms with Gasteiger partial charge in [0.25, 0.3) is 0 Å². The SMILES string of the molecule is CCCN1CCc2cc(OC)ccc2C1Cc1ccc(OCc2ccccc2)cc1. The molecule has 30 heavy (non-hydrogen) atoms. The van der Waals surface area contributed by atoms with Crippen molar-refractivity contribution in [2.24, 2.45) is 0 Å². The number of rotatable bonds is 8. The van der Waals surface area contributed by atoms with Crippen LogP contribution in [0, 0.1) is 0 Å². The second-order valence-electron chi connectivity index (χ2n) is 7.99. The van der Waals surface area contributed by atoms with Gasteiger partial charge in [-0.05, 0) is 72.3 Å². The Labute approximate surface area is 180 Å². The highest BCUT2D eigenvalue weighted by atomic mass is 16.5. The van der Waals surface area contributed by atoms with E-state index in [1.807, 2.05) is 18.2 Å². The van der Waals surface area contributed by atoms with Crippen LogP contribution in [0.25, 0.3) is 0 Å². The van der Waals surface area contributed by atoms with Gasteiger partial charge in [0, 0.05) is 12.6 Å². The zero-order valence-corrected chi connectivity index (χ0v) is 18.0. The molecule has 0 spiro atoms. The molecule has 156 valence electrons. The molecule has 0 fully saturated rings. The number of hydrogen-bond acceptors (Lipinski definition) is 3. The fraction of sp³-hybridized carbons (Fsp3) is 0.333. The Bertz CT molecular complexity index is 937. The van der Waals surface area contributed by atoms with Crippen LogP contribution in [0.1, 0.15) is 41.6 Å². The van der Waals surface area contributed by atoms with Gasteiger partial charge in [-0.1, -0.05) is 55.5 Å². The zero-order valence-electron chi connectivity index (χ0n) is 18.0. The van der Waals surface area contributed by atoms with E-state index in [-0.39, 0.29) is 0 Å². The van der Waals surface area contributed by atoms with Crippen LogP contribution >= 0.6 is 0 Å². The van der Waals surface area contributed by atoms with Gasteiger partial charge in [-0.25, -0.2) is 0 Å². The number of fused-ring (bicyclic) bond motifs is 1. The molecule has 1 heterocycles. The Hall–Kier alpha value is -2.78. The molecule has 1 atom stereocenters.